The molecule has 0 N–H and O–H groups in total. The first-order valence-corrected chi connectivity index (χ1v) is 9.45. The van der Waals surface area contributed by atoms with E-state index >= 15 is 0 Å². The van der Waals surface area contributed by atoms with Gasteiger partial charge >= 0.3 is 0 Å². The standard InChI is InChI=1S/C21H22ClFN2O3/c1-15-10-24(11-16-2-6-18(23)7-3-16)19(13-26)12-25(15)21(27)14-28-20-8-4-17(22)5-9-20/h2-9,13,15,19H,10-12,14H2,1H3/t15?,19-/m0/s1. The number of hydrogen-bond acceptors (Lipinski definition) is 4. The Morgan fingerprint density at radius 2 is 1.86 bits per heavy atom. The lowest BCUT2D eigenvalue weighted by molar-refractivity contribution is -0.140. The largest absolute Gasteiger partial charge is 0.484 e. The SMILES string of the molecule is CC1CN(Cc2ccc(F)cc2)[C@H](C=O)CN1C(=O)COc1ccc(Cl)cc1. The summed E-state index contributed by atoms with van der Waals surface area (Å²) in [6.07, 6.45) is 0.857. The number of carbonyl (C=O) groups is 2. The highest BCUT2D eigenvalue weighted by atomic mass is 35.5. The van der Waals surface area contributed by atoms with E-state index in [9.17, 15) is 14.0 Å². The van der Waals surface area contributed by atoms with Crippen molar-refractivity contribution in [1.29, 1.82) is 0 Å². The molecular weight excluding hydrogens is 383 g/mol. The van der Waals surface area contributed by atoms with E-state index in [-0.39, 0.29) is 24.4 Å². The number of ether oxygens (including phenoxy) is 1. The Balaban J connectivity index is 1.59. The molecule has 0 radical (unpaired) electrons. The summed E-state index contributed by atoms with van der Waals surface area (Å²) >= 11 is 5.84. The van der Waals surface area contributed by atoms with Crippen LogP contribution in [0.2, 0.25) is 5.02 Å². The lowest BCUT2D eigenvalue weighted by atomic mass is 10.1. The van der Waals surface area contributed by atoms with E-state index in [1.54, 1.807) is 41.3 Å². The second-order valence-corrected chi connectivity index (χ2v) is 7.33. The molecule has 1 aliphatic heterocycles. The summed E-state index contributed by atoms with van der Waals surface area (Å²) in [5, 5.41) is 0.596. The van der Waals surface area contributed by atoms with Crippen LogP contribution in [0.25, 0.3) is 0 Å². The van der Waals surface area contributed by atoms with E-state index in [0.717, 1.165) is 11.8 Å². The third-order valence-electron chi connectivity index (χ3n) is 4.84. The Morgan fingerprint density at radius 3 is 2.50 bits per heavy atom. The van der Waals surface area contributed by atoms with Crippen LogP contribution >= 0.6 is 11.6 Å². The fourth-order valence-corrected chi connectivity index (χ4v) is 3.44. The number of piperazine rings is 1. The maximum Gasteiger partial charge on any atom is 0.260 e. The Bertz CT molecular complexity index is 813. The molecule has 2 atom stereocenters. The molecule has 1 aliphatic rings. The van der Waals surface area contributed by atoms with Gasteiger partial charge in [0.05, 0.1) is 6.04 Å². The Kier molecular flexibility index (Phi) is 6.65. The van der Waals surface area contributed by atoms with Gasteiger partial charge in [-0.1, -0.05) is 23.7 Å². The van der Waals surface area contributed by atoms with Crippen LogP contribution in [0.3, 0.4) is 0 Å². The minimum atomic E-state index is -0.416. The van der Waals surface area contributed by atoms with E-state index in [1.165, 1.54) is 12.1 Å². The smallest absolute Gasteiger partial charge is 0.260 e. The molecule has 0 bridgehead atoms. The minimum Gasteiger partial charge on any atom is -0.484 e. The summed E-state index contributed by atoms with van der Waals surface area (Å²) in [6, 6.07) is 12.5. The molecule has 0 saturated carbocycles. The van der Waals surface area contributed by atoms with Crippen LogP contribution in [0.15, 0.2) is 48.5 Å². The van der Waals surface area contributed by atoms with Crippen LogP contribution in [0.4, 0.5) is 4.39 Å². The average molecular weight is 405 g/mol. The van der Waals surface area contributed by atoms with E-state index in [0.29, 0.717) is 30.4 Å². The molecule has 0 aromatic heterocycles. The highest BCUT2D eigenvalue weighted by Crippen LogP contribution is 2.19. The molecule has 2 aromatic carbocycles. The van der Waals surface area contributed by atoms with Crippen LogP contribution in [-0.2, 0) is 16.1 Å². The zero-order valence-electron chi connectivity index (χ0n) is 15.6. The van der Waals surface area contributed by atoms with Gasteiger partial charge in [-0.15, -0.1) is 0 Å². The van der Waals surface area contributed by atoms with Gasteiger partial charge in [-0.05, 0) is 48.9 Å². The number of nitrogens with zero attached hydrogens (tertiary/aromatic N) is 2. The molecule has 7 heteroatoms. The van der Waals surface area contributed by atoms with E-state index in [1.807, 2.05) is 11.8 Å². The van der Waals surface area contributed by atoms with Gasteiger partial charge in [0, 0.05) is 30.7 Å². The predicted molar refractivity (Wildman–Crippen MR) is 105 cm³/mol. The van der Waals surface area contributed by atoms with Crippen molar-refractivity contribution in [1.82, 2.24) is 9.80 Å². The van der Waals surface area contributed by atoms with Crippen molar-refractivity contribution in [2.75, 3.05) is 19.7 Å². The van der Waals surface area contributed by atoms with Crippen molar-refractivity contribution >= 4 is 23.8 Å². The fraction of sp³-hybridized carbons (Fsp3) is 0.333. The summed E-state index contributed by atoms with van der Waals surface area (Å²) in [6.45, 7) is 3.22. The molecule has 148 valence electrons. The van der Waals surface area contributed by atoms with Gasteiger partial charge in [-0.2, -0.15) is 0 Å². The molecule has 5 nitrogen and oxygen atoms in total. The summed E-state index contributed by atoms with van der Waals surface area (Å²) in [7, 11) is 0. The number of benzene rings is 2. The van der Waals surface area contributed by atoms with Crippen molar-refractivity contribution in [3.63, 3.8) is 0 Å². The number of aldehydes is 1. The van der Waals surface area contributed by atoms with E-state index in [2.05, 4.69) is 0 Å². The van der Waals surface area contributed by atoms with Gasteiger partial charge < -0.3 is 14.4 Å². The maximum atomic E-state index is 13.1. The quantitative estimate of drug-likeness (QED) is 0.694. The van der Waals surface area contributed by atoms with Crippen LogP contribution in [0.1, 0.15) is 12.5 Å². The average Bonchev–Trinajstić information content (AvgIpc) is 2.69. The number of halogens is 2. The van der Waals surface area contributed by atoms with E-state index in [4.69, 9.17) is 16.3 Å². The third-order valence-corrected chi connectivity index (χ3v) is 5.09. The van der Waals surface area contributed by atoms with E-state index < -0.39 is 6.04 Å². The number of rotatable bonds is 6. The molecule has 28 heavy (non-hydrogen) atoms. The first kappa shape index (κ1) is 20.3. The Labute approximate surface area is 168 Å². The maximum absolute atomic E-state index is 13.1. The van der Waals surface area contributed by atoms with Crippen molar-refractivity contribution in [3.8, 4) is 5.75 Å². The summed E-state index contributed by atoms with van der Waals surface area (Å²) in [5.74, 6) is 0.100. The van der Waals surface area contributed by atoms with Crippen LogP contribution in [0.5, 0.6) is 5.75 Å². The Hall–Kier alpha value is -2.44. The lowest BCUT2D eigenvalue weighted by Crippen LogP contribution is -2.59. The van der Waals surface area contributed by atoms with Gasteiger partial charge in [-0.3, -0.25) is 9.69 Å². The molecule has 2 aromatic rings. The summed E-state index contributed by atoms with van der Waals surface area (Å²) in [5.41, 5.74) is 0.922. The lowest BCUT2D eigenvalue weighted by Gasteiger charge is -2.43. The van der Waals surface area contributed by atoms with Crippen molar-refractivity contribution in [2.45, 2.75) is 25.6 Å². The molecular formula is C21H22ClFN2O3. The molecule has 1 fully saturated rings. The van der Waals surface area contributed by atoms with Gasteiger partial charge in [-0.25, -0.2) is 4.39 Å². The molecule has 1 heterocycles. The van der Waals surface area contributed by atoms with Crippen molar-refractivity contribution < 1.29 is 18.7 Å². The molecule has 0 spiro atoms. The highest BCUT2D eigenvalue weighted by molar-refractivity contribution is 6.30. The molecule has 3 rings (SSSR count). The van der Waals surface area contributed by atoms with Gasteiger partial charge in [0.15, 0.2) is 6.61 Å². The van der Waals surface area contributed by atoms with Crippen molar-refractivity contribution in [2.24, 2.45) is 0 Å². The second kappa shape index (κ2) is 9.17. The molecule has 1 unspecified atom stereocenters. The minimum absolute atomic E-state index is 0.0713. The number of hydrogen-bond donors (Lipinski definition) is 0. The predicted octanol–water partition coefficient (Wildman–Crippen LogP) is 3.16. The zero-order chi connectivity index (χ0) is 20.1. The summed E-state index contributed by atoms with van der Waals surface area (Å²) in [4.78, 5) is 27.9. The van der Waals surface area contributed by atoms with Crippen LogP contribution in [-0.4, -0.2) is 53.8 Å². The van der Waals surface area contributed by atoms with Crippen molar-refractivity contribution in [3.05, 3.63) is 64.9 Å². The monoisotopic (exact) mass is 404 g/mol. The first-order valence-electron chi connectivity index (χ1n) is 9.08. The number of carbonyl (C=O) groups excluding carboxylic acids is 2. The van der Waals surface area contributed by atoms with Gasteiger partial charge in [0.25, 0.3) is 5.91 Å². The summed E-state index contributed by atoms with van der Waals surface area (Å²) < 4.78 is 18.6. The van der Waals surface area contributed by atoms with Crippen LogP contribution < -0.4 is 4.74 Å². The van der Waals surface area contributed by atoms with Crippen LogP contribution in [0, 0.1) is 5.82 Å². The normalized spacial score (nSPS) is 20.0. The molecule has 1 saturated heterocycles. The Morgan fingerprint density at radius 1 is 1.18 bits per heavy atom. The fourth-order valence-electron chi connectivity index (χ4n) is 3.31. The topological polar surface area (TPSA) is 49.9 Å². The molecule has 1 amide bonds. The van der Waals surface area contributed by atoms with Gasteiger partial charge in [0.1, 0.15) is 17.9 Å². The zero-order valence-corrected chi connectivity index (χ0v) is 16.3. The molecule has 0 aliphatic carbocycles. The van der Waals surface area contributed by atoms with Gasteiger partial charge in [0.2, 0.25) is 0 Å². The third kappa shape index (κ3) is 5.09. The first-order chi connectivity index (χ1) is 13.5. The second-order valence-electron chi connectivity index (χ2n) is 6.90. The number of amides is 1. The highest BCUT2D eigenvalue weighted by Gasteiger charge is 2.34.